The number of hydrogen-bond acceptors (Lipinski definition) is 9. The smallest absolute Gasteiger partial charge is 0.333 e. The lowest BCUT2D eigenvalue weighted by atomic mass is 10.0. The van der Waals surface area contributed by atoms with Gasteiger partial charge < -0.3 is 28.4 Å². The van der Waals surface area contributed by atoms with E-state index in [-0.39, 0.29) is 37.0 Å². The first kappa shape index (κ1) is 40.9. The first-order valence-corrected chi connectivity index (χ1v) is 18.3. The maximum absolute atomic E-state index is 11.7. The highest BCUT2D eigenvalue weighted by atomic mass is 32.2. The van der Waals surface area contributed by atoms with Gasteiger partial charge in [0, 0.05) is 43.9 Å². The van der Waals surface area contributed by atoms with Crippen LogP contribution in [0.15, 0.2) is 119 Å². The molecule has 2 unspecified atom stereocenters. The lowest BCUT2D eigenvalue weighted by molar-refractivity contribution is -0.141. The Morgan fingerprint density at radius 3 is 1.26 bits per heavy atom. The first-order valence-electron chi connectivity index (χ1n) is 17.5. The van der Waals surface area contributed by atoms with Gasteiger partial charge >= 0.3 is 11.9 Å². The predicted octanol–water partition coefficient (Wildman–Crippen LogP) is 9.73. The summed E-state index contributed by atoms with van der Waals surface area (Å²) in [5.74, 6) is 0.832. The van der Waals surface area contributed by atoms with Crippen molar-refractivity contribution in [3.05, 3.63) is 120 Å². The minimum atomic E-state index is -0.388. The van der Waals surface area contributed by atoms with E-state index in [0.717, 1.165) is 54.7 Å². The third kappa shape index (κ3) is 12.7. The van der Waals surface area contributed by atoms with Gasteiger partial charge in [-0.3, -0.25) is 0 Å². The standard InChI is InChI=1S/C44H50O8S/c1-29(2)43(45)51-25-31(5)23-49-27-37-21-35(13-19-41(37)47-7)33-9-15-39(16-10-33)53-40-17-11-34(12-18-40)36-14-20-42(48-8)38(22-36)28-50-24-32(6)26-52-44(46)30(3)4/h9-22,31-32H,1,3,23-28H2,2,4-8H3. The molecule has 53 heavy (non-hydrogen) atoms. The fourth-order valence-corrected chi connectivity index (χ4v) is 6.04. The average molecular weight is 739 g/mol. The Balaban J connectivity index is 1.33. The van der Waals surface area contributed by atoms with Crippen LogP contribution in [-0.4, -0.2) is 52.6 Å². The highest BCUT2D eigenvalue weighted by molar-refractivity contribution is 7.99. The quantitative estimate of drug-likeness (QED) is 0.0650. The number of esters is 2. The minimum Gasteiger partial charge on any atom is -0.496 e. The van der Waals surface area contributed by atoms with E-state index in [0.29, 0.717) is 37.6 Å². The third-order valence-corrected chi connectivity index (χ3v) is 9.20. The van der Waals surface area contributed by atoms with Gasteiger partial charge in [0.15, 0.2) is 0 Å². The van der Waals surface area contributed by atoms with Gasteiger partial charge in [-0.15, -0.1) is 0 Å². The molecule has 0 amide bonds. The molecule has 8 nitrogen and oxygen atoms in total. The summed E-state index contributed by atoms with van der Waals surface area (Å²) in [5, 5.41) is 0. The van der Waals surface area contributed by atoms with Crippen molar-refractivity contribution >= 4 is 23.7 Å². The third-order valence-electron chi connectivity index (χ3n) is 8.19. The van der Waals surface area contributed by atoms with E-state index in [9.17, 15) is 9.59 Å². The van der Waals surface area contributed by atoms with Crippen LogP contribution in [0.4, 0.5) is 0 Å². The average Bonchev–Trinajstić information content (AvgIpc) is 3.16. The van der Waals surface area contributed by atoms with Crippen molar-refractivity contribution in [2.75, 3.05) is 40.6 Å². The second-order valence-corrected chi connectivity index (χ2v) is 14.3. The Labute approximate surface area is 318 Å². The number of benzene rings is 4. The molecule has 0 spiro atoms. The lowest BCUT2D eigenvalue weighted by Gasteiger charge is -2.15. The molecule has 0 heterocycles. The summed E-state index contributed by atoms with van der Waals surface area (Å²) >= 11 is 1.70. The number of carbonyl (C=O) groups excluding carboxylic acids is 2. The van der Waals surface area contributed by atoms with Gasteiger partial charge in [0.2, 0.25) is 0 Å². The van der Waals surface area contributed by atoms with Gasteiger partial charge in [-0.1, -0.05) is 75.2 Å². The zero-order valence-corrected chi connectivity index (χ0v) is 32.4. The Morgan fingerprint density at radius 2 is 0.925 bits per heavy atom. The van der Waals surface area contributed by atoms with Crippen molar-refractivity contribution in [2.45, 2.75) is 50.7 Å². The summed E-state index contributed by atoms with van der Waals surface area (Å²) in [6, 6.07) is 29.2. The molecule has 0 aromatic heterocycles. The zero-order chi connectivity index (χ0) is 38.3. The van der Waals surface area contributed by atoms with Crippen LogP contribution in [0.5, 0.6) is 11.5 Å². The van der Waals surface area contributed by atoms with Gasteiger partial charge in [-0.05, 0) is 84.6 Å². The summed E-state index contributed by atoms with van der Waals surface area (Å²) < 4.78 is 33.6. The summed E-state index contributed by atoms with van der Waals surface area (Å²) in [6.07, 6.45) is 0. The predicted molar refractivity (Wildman–Crippen MR) is 210 cm³/mol. The normalized spacial score (nSPS) is 12.0. The molecule has 0 bridgehead atoms. The molecular weight excluding hydrogens is 689 g/mol. The largest absolute Gasteiger partial charge is 0.496 e. The molecule has 4 rings (SSSR count). The van der Waals surface area contributed by atoms with E-state index >= 15 is 0 Å². The van der Waals surface area contributed by atoms with Crippen molar-refractivity contribution in [3.63, 3.8) is 0 Å². The van der Waals surface area contributed by atoms with Crippen molar-refractivity contribution in [1.82, 2.24) is 0 Å². The Hall–Kier alpha value is -4.83. The van der Waals surface area contributed by atoms with Crippen LogP contribution in [0.3, 0.4) is 0 Å². The fraction of sp³-hybridized carbons (Fsp3) is 0.318. The van der Waals surface area contributed by atoms with Crippen LogP contribution < -0.4 is 9.47 Å². The number of ether oxygens (including phenoxy) is 6. The second-order valence-electron chi connectivity index (χ2n) is 13.2. The van der Waals surface area contributed by atoms with Gasteiger partial charge in [-0.25, -0.2) is 9.59 Å². The van der Waals surface area contributed by atoms with Crippen molar-refractivity contribution in [1.29, 1.82) is 0 Å². The fourth-order valence-electron chi connectivity index (χ4n) is 5.23. The highest BCUT2D eigenvalue weighted by Gasteiger charge is 2.13. The van der Waals surface area contributed by atoms with Crippen LogP contribution in [-0.2, 0) is 41.8 Å². The molecule has 0 aliphatic heterocycles. The zero-order valence-electron chi connectivity index (χ0n) is 31.6. The van der Waals surface area contributed by atoms with Gasteiger partial charge in [0.25, 0.3) is 0 Å². The van der Waals surface area contributed by atoms with Crippen LogP contribution in [0.2, 0.25) is 0 Å². The highest BCUT2D eigenvalue weighted by Crippen LogP contribution is 2.34. The SMILES string of the molecule is C=C(C)C(=O)OCC(C)COCc1cc(-c2ccc(Sc3ccc(-c4ccc(OC)c(COCC(C)COC(=O)C(=C)C)c4)cc3)cc2)ccc1OC. The maximum Gasteiger partial charge on any atom is 0.333 e. The molecule has 0 radical (unpaired) electrons. The van der Waals surface area contributed by atoms with E-state index in [1.165, 1.54) is 0 Å². The van der Waals surface area contributed by atoms with E-state index in [4.69, 9.17) is 28.4 Å². The van der Waals surface area contributed by atoms with Gasteiger partial charge in [0.1, 0.15) is 11.5 Å². The molecule has 0 N–H and O–H groups in total. The Morgan fingerprint density at radius 1 is 0.566 bits per heavy atom. The summed E-state index contributed by atoms with van der Waals surface area (Å²) in [7, 11) is 3.30. The number of methoxy groups -OCH3 is 2. The Kier molecular flexibility index (Phi) is 15.8. The van der Waals surface area contributed by atoms with E-state index in [1.54, 1.807) is 39.8 Å². The topological polar surface area (TPSA) is 89.5 Å². The van der Waals surface area contributed by atoms with E-state index < -0.39 is 0 Å². The van der Waals surface area contributed by atoms with Crippen LogP contribution >= 0.6 is 11.8 Å². The van der Waals surface area contributed by atoms with Crippen LogP contribution in [0, 0.1) is 11.8 Å². The first-order chi connectivity index (χ1) is 25.5. The Bertz CT molecular complexity index is 1710. The molecule has 2 atom stereocenters. The van der Waals surface area contributed by atoms with Crippen LogP contribution in [0.1, 0.15) is 38.8 Å². The van der Waals surface area contributed by atoms with Crippen molar-refractivity contribution < 1.29 is 38.0 Å². The number of hydrogen-bond donors (Lipinski definition) is 0. The lowest BCUT2D eigenvalue weighted by Crippen LogP contribution is -2.16. The summed E-state index contributed by atoms with van der Waals surface area (Å²) in [4.78, 5) is 25.6. The number of rotatable bonds is 20. The molecule has 0 aliphatic rings. The second kappa shape index (κ2) is 20.4. The van der Waals surface area contributed by atoms with Crippen molar-refractivity contribution in [3.8, 4) is 33.8 Å². The van der Waals surface area contributed by atoms with Gasteiger partial charge in [-0.2, -0.15) is 0 Å². The summed E-state index contributed by atoms with van der Waals surface area (Å²) in [6.45, 7) is 16.6. The van der Waals surface area contributed by atoms with Gasteiger partial charge in [0.05, 0.1) is 53.9 Å². The molecular formula is C44H50O8S. The number of carbonyl (C=O) groups is 2. The molecule has 0 saturated carbocycles. The minimum absolute atomic E-state index is 0.0445. The molecule has 4 aromatic rings. The molecule has 0 aliphatic carbocycles. The summed E-state index contributed by atoms with van der Waals surface area (Å²) in [5.41, 5.74) is 6.97. The monoisotopic (exact) mass is 738 g/mol. The molecule has 9 heteroatoms. The molecule has 0 fully saturated rings. The molecule has 280 valence electrons. The van der Waals surface area contributed by atoms with E-state index in [2.05, 4.69) is 73.8 Å². The van der Waals surface area contributed by atoms with Crippen LogP contribution in [0.25, 0.3) is 22.3 Å². The molecule has 0 saturated heterocycles. The maximum atomic E-state index is 11.7. The molecule has 4 aromatic carbocycles. The van der Waals surface area contributed by atoms with E-state index in [1.807, 2.05) is 38.1 Å². The van der Waals surface area contributed by atoms with Crippen molar-refractivity contribution in [2.24, 2.45) is 11.8 Å².